The lowest BCUT2D eigenvalue weighted by Crippen LogP contribution is -2.26. The molecule has 0 unspecified atom stereocenters. The van der Waals surface area contributed by atoms with Gasteiger partial charge >= 0.3 is 0 Å². The molecule has 0 aliphatic rings. The van der Waals surface area contributed by atoms with Crippen molar-refractivity contribution in [3.63, 3.8) is 0 Å². The first-order chi connectivity index (χ1) is 13.1. The van der Waals surface area contributed by atoms with E-state index in [2.05, 4.69) is 20.5 Å². The number of aryl methyl sites for hydroxylation is 1. The van der Waals surface area contributed by atoms with Crippen LogP contribution in [0.5, 0.6) is 0 Å². The summed E-state index contributed by atoms with van der Waals surface area (Å²) in [5.41, 5.74) is 0.807. The predicted octanol–water partition coefficient (Wildman–Crippen LogP) is 0.734. The maximum atomic E-state index is 12.7. The normalized spacial score (nSPS) is 11.6. The Balaban J connectivity index is 1.77. The third-order valence-corrected chi connectivity index (χ3v) is 4.61. The van der Waals surface area contributed by atoms with Crippen molar-refractivity contribution in [3.8, 4) is 0 Å². The van der Waals surface area contributed by atoms with Crippen LogP contribution in [-0.2, 0) is 13.6 Å². The number of fused-ring (bicyclic) bond motifs is 4. The molecule has 0 saturated heterocycles. The molecule has 2 aromatic carbocycles. The van der Waals surface area contributed by atoms with Crippen LogP contribution in [0.2, 0.25) is 0 Å². The lowest BCUT2D eigenvalue weighted by atomic mass is 10.2. The summed E-state index contributed by atoms with van der Waals surface area (Å²) >= 11 is 0. The number of hydrogen-bond acceptors (Lipinski definition) is 6. The molecular weight excluding hydrogens is 346 g/mol. The van der Waals surface area contributed by atoms with E-state index in [1.54, 1.807) is 47.8 Å². The van der Waals surface area contributed by atoms with Gasteiger partial charge in [0.15, 0.2) is 5.82 Å². The van der Waals surface area contributed by atoms with Crippen molar-refractivity contribution < 1.29 is 0 Å². The molecule has 0 bridgehead atoms. The zero-order valence-electron chi connectivity index (χ0n) is 14.3. The summed E-state index contributed by atoms with van der Waals surface area (Å²) in [6.45, 7) is 0.0834. The van der Waals surface area contributed by atoms with Crippen LogP contribution in [0.25, 0.3) is 27.6 Å². The fourth-order valence-corrected chi connectivity index (χ4v) is 3.26. The number of para-hydroxylation sites is 1. The van der Waals surface area contributed by atoms with Gasteiger partial charge in [-0.15, -0.1) is 15.3 Å². The number of benzene rings is 2. The van der Waals surface area contributed by atoms with Crippen LogP contribution in [0.15, 0.2) is 58.1 Å². The molecule has 0 saturated carbocycles. The van der Waals surface area contributed by atoms with Crippen molar-refractivity contribution in [2.75, 3.05) is 0 Å². The molecule has 0 atom stereocenters. The molecule has 27 heavy (non-hydrogen) atoms. The third kappa shape index (κ3) is 2.18. The van der Waals surface area contributed by atoms with Gasteiger partial charge in [-0.1, -0.05) is 29.5 Å². The molecule has 5 rings (SSSR count). The van der Waals surface area contributed by atoms with Crippen LogP contribution in [0.1, 0.15) is 5.82 Å². The molecule has 0 radical (unpaired) electrons. The Morgan fingerprint density at radius 2 is 1.59 bits per heavy atom. The second-order valence-corrected chi connectivity index (χ2v) is 6.20. The fourth-order valence-electron chi connectivity index (χ4n) is 3.26. The Bertz CT molecular complexity index is 1460. The van der Waals surface area contributed by atoms with Gasteiger partial charge in [0.2, 0.25) is 5.78 Å². The minimum absolute atomic E-state index is 0.0834. The molecular formula is C18H13N7O2. The molecule has 3 heterocycles. The quantitative estimate of drug-likeness (QED) is 0.461. The van der Waals surface area contributed by atoms with E-state index in [4.69, 9.17) is 0 Å². The first kappa shape index (κ1) is 15.4. The van der Waals surface area contributed by atoms with Gasteiger partial charge < -0.3 is 0 Å². The van der Waals surface area contributed by atoms with Gasteiger partial charge in [-0.25, -0.2) is 4.68 Å². The fraction of sp³-hybridized carbons (Fsp3) is 0.111. The largest absolute Gasteiger partial charge is 0.279 e. The van der Waals surface area contributed by atoms with Gasteiger partial charge in [-0.05, 0) is 24.3 Å². The van der Waals surface area contributed by atoms with Gasteiger partial charge in [0.05, 0.1) is 16.3 Å². The smallest absolute Gasteiger partial charge is 0.278 e. The number of rotatable bonds is 2. The van der Waals surface area contributed by atoms with E-state index in [0.29, 0.717) is 33.4 Å². The monoisotopic (exact) mass is 359 g/mol. The summed E-state index contributed by atoms with van der Waals surface area (Å²) in [6.07, 6.45) is 0. The molecule has 5 aromatic rings. The molecule has 9 nitrogen and oxygen atoms in total. The molecule has 0 amide bonds. The van der Waals surface area contributed by atoms with E-state index in [1.165, 1.54) is 9.25 Å². The Kier molecular flexibility index (Phi) is 3.17. The van der Waals surface area contributed by atoms with Gasteiger partial charge in [0.25, 0.3) is 11.1 Å². The van der Waals surface area contributed by atoms with Crippen molar-refractivity contribution in [1.29, 1.82) is 0 Å². The highest BCUT2D eigenvalue weighted by Gasteiger charge is 2.16. The standard InChI is InChI=1S/C18H13N7O2/c1-23-16(26)12-7-3-5-9-14(12)25-15(20-21-18(23)25)10-24-17(27)11-6-2-4-8-13(11)19-22-24/h2-9H,10H2,1H3. The van der Waals surface area contributed by atoms with Crippen LogP contribution in [0.3, 0.4) is 0 Å². The van der Waals surface area contributed by atoms with Crippen LogP contribution >= 0.6 is 0 Å². The number of aromatic nitrogens is 7. The summed E-state index contributed by atoms with van der Waals surface area (Å²) in [6, 6.07) is 14.3. The van der Waals surface area contributed by atoms with Crippen LogP contribution in [0.4, 0.5) is 0 Å². The van der Waals surface area contributed by atoms with Crippen molar-refractivity contribution in [2.45, 2.75) is 6.54 Å². The lowest BCUT2D eigenvalue weighted by molar-refractivity contribution is 0.579. The van der Waals surface area contributed by atoms with Crippen molar-refractivity contribution >= 4 is 27.6 Å². The summed E-state index contributed by atoms with van der Waals surface area (Å²) in [5.74, 6) is 0.888. The molecule has 0 spiro atoms. The van der Waals surface area contributed by atoms with E-state index in [1.807, 2.05) is 12.1 Å². The summed E-state index contributed by atoms with van der Waals surface area (Å²) in [5, 5.41) is 17.5. The molecule has 132 valence electrons. The van der Waals surface area contributed by atoms with E-state index >= 15 is 0 Å². The van der Waals surface area contributed by atoms with Crippen molar-refractivity contribution in [2.24, 2.45) is 7.05 Å². The Hall–Kier alpha value is -3.88. The zero-order chi connectivity index (χ0) is 18.5. The summed E-state index contributed by atoms with van der Waals surface area (Å²) < 4.78 is 4.45. The lowest BCUT2D eigenvalue weighted by Gasteiger charge is -2.08. The second kappa shape index (κ2) is 5.56. The van der Waals surface area contributed by atoms with E-state index in [0.717, 1.165) is 0 Å². The summed E-state index contributed by atoms with van der Waals surface area (Å²) in [7, 11) is 1.64. The van der Waals surface area contributed by atoms with Gasteiger partial charge in [-0.3, -0.25) is 18.6 Å². The Labute approximate surface area is 151 Å². The zero-order valence-corrected chi connectivity index (χ0v) is 14.3. The molecule has 9 heteroatoms. The number of hydrogen-bond donors (Lipinski definition) is 0. The van der Waals surface area contributed by atoms with Crippen molar-refractivity contribution in [1.82, 2.24) is 34.2 Å². The molecule has 0 fully saturated rings. The highest BCUT2D eigenvalue weighted by atomic mass is 16.1. The maximum Gasteiger partial charge on any atom is 0.278 e. The SMILES string of the molecule is Cn1c(=O)c2ccccc2n2c(Cn3nnc4ccccc4c3=O)nnc12. The Morgan fingerprint density at radius 3 is 2.44 bits per heavy atom. The average molecular weight is 359 g/mol. The predicted molar refractivity (Wildman–Crippen MR) is 98.6 cm³/mol. The average Bonchev–Trinajstić information content (AvgIpc) is 3.12. The summed E-state index contributed by atoms with van der Waals surface area (Å²) in [4.78, 5) is 25.2. The van der Waals surface area contributed by atoms with Crippen LogP contribution in [-0.4, -0.2) is 34.2 Å². The first-order valence-corrected chi connectivity index (χ1v) is 8.29. The first-order valence-electron chi connectivity index (χ1n) is 8.29. The minimum Gasteiger partial charge on any atom is -0.279 e. The molecule has 0 aliphatic heterocycles. The van der Waals surface area contributed by atoms with Gasteiger partial charge in [-0.2, -0.15) is 0 Å². The van der Waals surface area contributed by atoms with E-state index in [-0.39, 0.29) is 17.7 Å². The molecule has 3 aromatic heterocycles. The van der Waals surface area contributed by atoms with Gasteiger partial charge in [0.1, 0.15) is 12.1 Å². The minimum atomic E-state index is -0.258. The van der Waals surface area contributed by atoms with Crippen molar-refractivity contribution in [3.05, 3.63) is 75.1 Å². The highest BCUT2D eigenvalue weighted by Crippen LogP contribution is 2.14. The van der Waals surface area contributed by atoms with Crippen LogP contribution < -0.4 is 11.1 Å². The van der Waals surface area contributed by atoms with E-state index < -0.39 is 0 Å². The maximum absolute atomic E-state index is 12.7. The molecule has 0 aliphatic carbocycles. The highest BCUT2D eigenvalue weighted by molar-refractivity contribution is 5.80. The Morgan fingerprint density at radius 1 is 0.852 bits per heavy atom. The van der Waals surface area contributed by atoms with E-state index in [9.17, 15) is 9.59 Å². The third-order valence-electron chi connectivity index (χ3n) is 4.61. The number of nitrogens with zero attached hydrogens (tertiary/aromatic N) is 7. The topological polar surface area (TPSA) is 100.0 Å². The van der Waals surface area contributed by atoms with Gasteiger partial charge in [0, 0.05) is 7.05 Å². The van der Waals surface area contributed by atoms with Crippen LogP contribution in [0, 0.1) is 0 Å². The second-order valence-electron chi connectivity index (χ2n) is 6.20. The molecule has 0 N–H and O–H groups in total.